The highest BCUT2D eigenvalue weighted by Gasteiger charge is 2.58. The van der Waals surface area contributed by atoms with E-state index in [0.29, 0.717) is 0 Å². The van der Waals surface area contributed by atoms with Crippen LogP contribution in [0.15, 0.2) is 41.9 Å². The Bertz CT molecular complexity index is 1020. The first-order valence-electron chi connectivity index (χ1n) is 11.1. The lowest BCUT2D eigenvalue weighted by Gasteiger charge is -2.32. The van der Waals surface area contributed by atoms with Crippen molar-refractivity contribution < 1.29 is 4.79 Å². The molecule has 1 unspecified atom stereocenters. The van der Waals surface area contributed by atoms with E-state index in [1.165, 1.54) is 11.3 Å². The topological polar surface area (TPSA) is 49.6 Å². The Morgan fingerprint density at radius 2 is 2.07 bits per heavy atom. The molecule has 2 aromatic heterocycles. The van der Waals surface area contributed by atoms with Crippen LogP contribution in [0.1, 0.15) is 42.6 Å². The predicted octanol–water partition coefficient (Wildman–Crippen LogP) is 4.06. The molecule has 1 saturated carbocycles. The molecule has 6 heteroatoms. The van der Waals surface area contributed by atoms with Gasteiger partial charge in [-0.2, -0.15) is 0 Å². The summed E-state index contributed by atoms with van der Waals surface area (Å²) < 4.78 is 2.23. The minimum absolute atomic E-state index is 0.233. The van der Waals surface area contributed by atoms with Gasteiger partial charge in [0.25, 0.3) is 0 Å². The summed E-state index contributed by atoms with van der Waals surface area (Å²) in [4.78, 5) is 20.9. The first-order valence-corrected chi connectivity index (χ1v) is 12.0. The van der Waals surface area contributed by atoms with Crippen LogP contribution in [0.4, 0.5) is 0 Å². The number of imidazole rings is 1. The number of nitrogens with one attached hydrogen (secondary N) is 1. The van der Waals surface area contributed by atoms with Crippen LogP contribution in [0.2, 0.25) is 0 Å². The monoisotopic (exact) mass is 422 g/mol. The van der Waals surface area contributed by atoms with Crippen molar-refractivity contribution in [2.45, 2.75) is 45.6 Å². The van der Waals surface area contributed by atoms with Gasteiger partial charge in [0.1, 0.15) is 0 Å². The fourth-order valence-electron chi connectivity index (χ4n) is 5.04. The Hall–Kier alpha value is -2.18. The molecule has 3 aromatic rings. The molecule has 1 aromatic carbocycles. The average molecular weight is 423 g/mol. The average Bonchev–Trinajstić information content (AvgIpc) is 3.12. The van der Waals surface area contributed by atoms with Crippen LogP contribution in [0.5, 0.6) is 0 Å². The van der Waals surface area contributed by atoms with E-state index < -0.39 is 0 Å². The van der Waals surface area contributed by atoms with Gasteiger partial charge in [-0.25, -0.2) is 4.98 Å². The Labute approximate surface area is 182 Å². The van der Waals surface area contributed by atoms with Gasteiger partial charge in [-0.05, 0) is 63.1 Å². The highest BCUT2D eigenvalue weighted by Crippen LogP contribution is 2.59. The number of likely N-dealkylation sites (tertiary alicyclic amines) is 1. The number of aryl methyl sites for hydroxylation is 2. The molecule has 0 bridgehead atoms. The number of hydrogen-bond donors (Lipinski definition) is 1. The summed E-state index contributed by atoms with van der Waals surface area (Å²) in [5, 5.41) is 5.30. The highest BCUT2D eigenvalue weighted by atomic mass is 32.1. The van der Waals surface area contributed by atoms with Crippen LogP contribution in [0, 0.1) is 18.3 Å². The molecule has 0 radical (unpaired) electrons. The van der Waals surface area contributed by atoms with E-state index in [1.807, 2.05) is 6.07 Å². The number of amides is 1. The van der Waals surface area contributed by atoms with Gasteiger partial charge in [0.05, 0.1) is 11.4 Å². The summed E-state index contributed by atoms with van der Waals surface area (Å²) in [5.74, 6) is 0.514. The van der Waals surface area contributed by atoms with Crippen LogP contribution in [-0.2, 0) is 17.8 Å². The lowest BCUT2D eigenvalue weighted by atomic mass is 9.90. The molecule has 30 heavy (non-hydrogen) atoms. The molecule has 1 amide bonds. The van der Waals surface area contributed by atoms with E-state index in [0.717, 1.165) is 68.9 Å². The number of thiazole rings is 1. The number of hydrogen-bond acceptors (Lipinski definition) is 4. The van der Waals surface area contributed by atoms with Gasteiger partial charge in [0.15, 0.2) is 4.96 Å². The number of rotatable bonds is 7. The summed E-state index contributed by atoms with van der Waals surface area (Å²) in [6.45, 7) is 6.00. The largest absolute Gasteiger partial charge is 0.356 e. The molecule has 5 nitrogen and oxygen atoms in total. The molecular weight excluding hydrogens is 392 g/mol. The number of aromatic nitrogens is 2. The molecule has 1 aliphatic heterocycles. The minimum Gasteiger partial charge on any atom is -0.356 e. The first-order chi connectivity index (χ1) is 14.6. The molecule has 1 saturated heterocycles. The molecular formula is C24H30N4OS. The second kappa shape index (κ2) is 8.16. The zero-order chi connectivity index (χ0) is 20.6. The normalized spacial score (nSPS) is 20.6. The molecule has 5 rings (SSSR count). The third-order valence-electron chi connectivity index (χ3n) is 7.08. The number of fused-ring (bicyclic) bond motifs is 1. The third-order valence-corrected chi connectivity index (χ3v) is 7.83. The first kappa shape index (κ1) is 19.8. The minimum atomic E-state index is 0.233. The lowest BCUT2D eigenvalue weighted by molar-refractivity contribution is -0.123. The van der Waals surface area contributed by atoms with Gasteiger partial charge in [-0.1, -0.05) is 30.3 Å². The molecule has 1 spiro atoms. The Kier molecular flexibility index (Phi) is 5.37. The Morgan fingerprint density at radius 1 is 1.27 bits per heavy atom. The third kappa shape index (κ3) is 3.91. The second-order valence-corrected chi connectivity index (χ2v) is 9.85. The molecule has 3 heterocycles. The van der Waals surface area contributed by atoms with Gasteiger partial charge in [-0.3, -0.25) is 14.1 Å². The Balaban J connectivity index is 1.07. The second-order valence-electron chi connectivity index (χ2n) is 8.97. The van der Waals surface area contributed by atoms with E-state index in [-0.39, 0.29) is 17.2 Å². The molecule has 2 fully saturated rings. The van der Waals surface area contributed by atoms with Crippen molar-refractivity contribution in [1.29, 1.82) is 0 Å². The van der Waals surface area contributed by atoms with E-state index in [9.17, 15) is 4.79 Å². The van der Waals surface area contributed by atoms with Crippen molar-refractivity contribution in [2.24, 2.45) is 11.3 Å². The van der Waals surface area contributed by atoms with Crippen molar-refractivity contribution in [1.82, 2.24) is 19.6 Å². The van der Waals surface area contributed by atoms with Crippen molar-refractivity contribution in [3.63, 3.8) is 0 Å². The quantitative estimate of drug-likeness (QED) is 0.584. The van der Waals surface area contributed by atoms with Gasteiger partial charge in [-0.15, -0.1) is 11.3 Å². The summed E-state index contributed by atoms with van der Waals surface area (Å²) in [6.07, 6.45) is 7.51. The molecule has 1 N–H and O–H groups in total. The Morgan fingerprint density at radius 3 is 2.87 bits per heavy atom. The van der Waals surface area contributed by atoms with E-state index >= 15 is 0 Å². The fraction of sp³-hybridized carbons (Fsp3) is 0.500. The zero-order valence-corrected chi connectivity index (χ0v) is 18.5. The maximum atomic E-state index is 12.7. The standard InChI is InChI=1S/C24H30N4OS/c1-18-21(28-14-15-30-23(28)26-18)17-27-12-9-24(10-13-27)16-20(24)22(29)25-11-5-8-19-6-3-2-4-7-19/h2-4,6-7,14-15,20H,5,8-13,16-17H2,1H3,(H,25,29). The molecule has 1 aliphatic carbocycles. The fourth-order valence-corrected chi connectivity index (χ4v) is 5.82. The zero-order valence-electron chi connectivity index (χ0n) is 17.6. The van der Waals surface area contributed by atoms with Gasteiger partial charge < -0.3 is 5.32 Å². The molecule has 1 atom stereocenters. The summed E-state index contributed by atoms with van der Waals surface area (Å²) >= 11 is 1.69. The van der Waals surface area contributed by atoms with Gasteiger partial charge in [0, 0.05) is 30.6 Å². The van der Waals surface area contributed by atoms with Crippen LogP contribution in [0.25, 0.3) is 4.96 Å². The van der Waals surface area contributed by atoms with Gasteiger partial charge >= 0.3 is 0 Å². The molecule has 158 valence electrons. The van der Waals surface area contributed by atoms with Crippen LogP contribution in [0.3, 0.4) is 0 Å². The maximum Gasteiger partial charge on any atom is 0.223 e. The highest BCUT2D eigenvalue weighted by molar-refractivity contribution is 7.15. The summed E-state index contributed by atoms with van der Waals surface area (Å²) in [5.41, 5.74) is 4.06. The number of piperidine rings is 1. The van der Waals surface area contributed by atoms with Crippen LogP contribution >= 0.6 is 11.3 Å². The van der Waals surface area contributed by atoms with Crippen molar-refractivity contribution in [2.75, 3.05) is 19.6 Å². The van der Waals surface area contributed by atoms with Gasteiger partial charge in [0.2, 0.25) is 5.91 Å². The number of carbonyl (C=O) groups is 1. The summed E-state index contributed by atoms with van der Waals surface area (Å²) in [7, 11) is 0. The SMILES string of the molecule is Cc1nc2sccn2c1CN1CCC2(CC1)CC2C(=O)NCCCc1ccccc1. The lowest BCUT2D eigenvalue weighted by Crippen LogP contribution is -2.37. The summed E-state index contributed by atoms with van der Waals surface area (Å²) in [6, 6.07) is 10.5. The predicted molar refractivity (Wildman–Crippen MR) is 121 cm³/mol. The molecule has 2 aliphatic rings. The smallest absolute Gasteiger partial charge is 0.223 e. The van der Waals surface area contributed by atoms with E-state index in [4.69, 9.17) is 0 Å². The van der Waals surface area contributed by atoms with E-state index in [2.05, 4.69) is 62.4 Å². The van der Waals surface area contributed by atoms with Crippen molar-refractivity contribution in [3.05, 3.63) is 58.9 Å². The van der Waals surface area contributed by atoms with E-state index in [1.54, 1.807) is 11.3 Å². The number of nitrogens with zero attached hydrogens (tertiary/aromatic N) is 3. The van der Waals surface area contributed by atoms with Crippen molar-refractivity contribution in [3.8, 4) is 0 Å². The van der Waals surface area contributed by atoms with Crippen LogP contribution in [-0.4, -0.2) is 39.8 Å². The van der Waals surface area contributed by atoms with Crippen molar-refractivity contribution >= 4 is 22.2 Å². The number of benzene rings is 1. The van der Waals surface area contributed by atoms with Crippen LogP contribution < -0.4 is 5.32 Å². The maximum absolute atomic E-state index is 12.7. The number of carbonyl (C=O) groups excluding carboxylic acids is 1.